The third-order valence-corrected chi connectivity index (χ3v) is 3.52. The first-order chi connectivity index (χ1) is 6.18. The van der Waals surface area contributed by atoms with Gasteiger partial charge in [0, 0.05) is 19.0 Å². The second-order valence-corrected chi connectivity index (χ2v) is 4.83. The molecule has 1 saturated carbocycles. The molecule has 0 aromatic carbocycles. The molecule has 0 spiro atoms. The highest BCUT2D eigenvalue weighted by molar-refractivity contribution is 5.81. The standard InChI is InChI=1S/C11H19NO/c1-8-3-5-12(6-4-8)11(13)10-7-9(10)2/h8-10H,3-7H2,1-2H3/t9-,10-/m1/s1. The van der Waals surface area contributed by atoms with Crippen LogP contribution in [0.25, 0.3) is 0 Å². The Bertz CT molecular complexity index is 206. The molecule has 0 N–H and O–H groups in total. The van der Waals surface area contributed by atoms with E-state index in [1.54, 1.807) is 0 Å². The summed E-state index contributed by atoms with van der Waals surface area (Å²) in [6.45, 7) is 6.46. The molecule has 1 amide bonds. The molecule has 0 bridgehead atoms. The second kappa shape index (κ2) is 3.32. The lowest BCUT2D eigenvalue weighted by atomic mass is 9.99. The summed E-state index contributed by atoms with van der Waals surface area (Å²) in [5, 5.41) is 0. The normalized spacial score (nSPS) is 34.8. The minimum atomic E-state index is 0.383. The average molecular weight is 181 g/mol. The van der Waals surface area contributed by atoms with E-state index in [-0.39, 0.29) is 0 Å². The van der Waals surface area contributed by atoms with Crippen molar-refractivity contribution < 1.29 is 4.79 Å². The zero-order chi connectivity index (χ0) is 9.42. The maximum absolute atomic E-state index is 11.8. The van der Waals surface area contributed by atoms with Crippen molar-refractivity contribution in [3.05, 3.63) is 0 Å². The van der Waals surface area contributed by atoms with Crippen LogP contribution in [0, 0.1) is 17.8 Å². The van der Waals surface area contributed by atoms with Crippen LogP contribution in [0.1, 0.15) is 33.1 Å². The summed E-state index contributed by atoms with van der Waals surface area (Å²) in [7, 11) is 0. The molecule has 0 radical (unpaired) electrons. The van der Waals surface area contributed by atoms with Crippen LogP contribution in [0.15, 0.2) is 0 Å². The maximum atomic E-state index is 11.8. The smallest absolute Gasteiger partial charge is 0.225 e. The average Bonchev–Trinajstić information content (AvgIpc) is 2.83. The van der Waals surface area contributed by atoms with E-state index in [0.29, 0.717) is 17.7 Å². The van der Waals surface area contributed by atoms with Crippen LogP contribution in [-0.4, -0.2) is 23.9 Å². The number of hydrogen-bond donors (Lipinski definition) is 0. The van der Waals surface area contributed by atoms with E-state index in [1.165, 1.54) is 12.8 Å². The number of rotatable bonds is 1. The molecule has 2 atom stereocenters. The molecule has 13 heavy (non-hydrogen) atoms. The van der Waals surface area contributed by atoms with E-state index in [1.807, 2.05) is 0 Å². The molecule has 2 aliphatic rings. The minimum Gasteiger partial charge on any atom is -0.342 e. The van der Waals surface area contributed by atoms with Crippen LogP contribution in [0.5, 0.6) is 0 Å². The van der Waals surface area contributed by atoms with Gasteiger partial charge in [0.15, 0.2) is 0 Å². The fourth-order valence-electron chi connectivity index (χ4n) is 2.13. The van der Waals surface area contributed by atoms with Gasteiger partial charge in [-0.05, 0) is 31.1 Å². The van der Waals surface area contributed by atoms with Crippen molar-refractivity contribution in [2.45, 2.75) is 33.1 Å². The monoisotopic (exact) mass is 181 g/mol. The van der Waals surface area contributed by atoms with Crippen molar-refractivity contribution in [1.82, 2.24) is 4.90 Å². The minimum absolute atomic E-state index is 0.383. The van der Waals surface area contributed by atoms with Gasteiger partial charge in [-0.1, -0.05) is 13.8 Å². The summed E-state index contributed by atoms with van der Waals surface area (Å²) in [5.41, 5.74) is 0. The van der Waals surface area contributed by atoms with E-state index in [4.69, 9.17) is 0 Å². The maximum Gasteiger partial charge on any atom is 0.225 e. The zero-order valence-corrected chi connectivity index (χ0v) is 8.62. The molecule has 74 valence electrons. The van der Waals surface area contributed by atoms with Gasteiger partial charge in [-0.25, -0.2) is 0 Å². The van der Waals surface area contributed by atoms with Gasteiger partial charge in [0.25, 0.3) is 0 Å². The van der Waals surface area contributed by atoms with E-state index in [9.17, 15) is 4.79 Å². The molecule has 2 fully saturated rings. The molecule has 1 heterocycles. The van der Waals surface area contributed by atoms with Gasteiger partial charge in [-0.2, -0.15) is 0 Å². The van der Waals surface area contributed by atoms with Gasteiger partial charge in [0.05, 0.1) is 0 Å². The number of amides is 1. The van der Waals surface area contributed by atoms with E-state index in [0.717, 1.165) is 25.4 Å². The SMILES string of the molecule is CC1CCN(C(=O)[C@@H]2C[C@H]2C)CC1. The van der Waals surface area contributed by atoms with Gasteiger partial charge < -0.3 is 4.90 Å². The molecular weight excluding hydrogens is 162 g/mol. The van der Waals surface area contributed by atoms with Crippen LogP contribution in [0.4, 0.5) is 0 Å². The number of likely N-dealkylation sites (tertiary alicyclic amines) is 1. The molecule has 1 saturated heterocycles. The predicted octanol–water partition coefficient (Wildman–Crippen LogP) is 1.90. The summed E-state index contributed by atoms with van der Waals surface area (Å²) in [5.74, 6) is 2.29. The van der Waals surface area contributed by atoms with Crippen LogP contribution >= 0.6 is 0 Å². The molecule has 2 nitrogen and oxygen atoms in total. The van der Waals surface area contributed by atoms with Gasteiger partial charge in [0.1, 0.15) is 0 Å². The Labute approximate surface area is 80.3 Å². The number of carbonyl (C=O) groups excluding carboxylic acids is 1. The van der Waals surface area contributed by atoms with Crippen molar-refractivity contribution in [2.75, 3.05) is 13.1 Å². The summed E-state index contributed by atoms with van der Waals surface area (Å²) in [4.78, 5) is 13.9. The summed E-state index contributed by atoms with van der Waals surface area (Å²) < 4.78 is 0. The highest BCUT2D eigenvalue weighted by Crippen LogP contribution is 2.39. The van der Waals surface area contributed by atoms with Crippen molar-refractivity contribution in [3.8, 4) is 0 Å². The van der Waals surface area contributed by atoms with Crippen LogP contribution < -0.4 is 0 Å². The van der Waals surface area contributed by atoms with Crippen molar-refractivity contribution in [2.24, 2.45) is 17.8 Å². The fraction of sp³-hybridized carbons (Fsp3) is 0.909. The van der Waals surface area contributed by atoms with E-state index >= 15 is 0 Å². The van der Waals surface area contributed by atoms with Crippen LogP contribution in [0.3, 0.4) is 0 Å². The lowest BCUT2D eigenvalue weighted by Crippen LogP contribution is -2.39. The molecular formula is C11H19NO. The number of carbonyl (C=O) groups is 1. The number of piperidine rings is 1. The van der Waals surface area contributed by atoms with E-state index < -0.39 is 0 Å². The Kier molecular flexibility index (Phi) is 2.31. The first kappa shape index (κ1) is 9.04. The lowest BCUT2D eigenvalue weighted by Gasteiger charge is -2.30. The van der Waals surface area contributed by atoms with Crippen molar-refractivity contribution >= 4 is 5.91 Å². The van der Waals surface area contributed by atoms with Crippen LogP contribution in [-0.2, 0) is 4.79 Å². The molecule has 2 rings (SSSR count). The quantitative estimate of drug-likeness (QED) is 0.605. The number of nitrogens with zero attached hydrogens (tertiary/aromatic N) is 1. The van der Waals surface area contributed by atoms with Gasteiger partial charge >= 0.3 is 0 Å². The molecule has 0 unspecified atom stereocenters. The molecule has 1 aliphatic heterocycles. The highest BCUT2D eigenvalue weighted by Gasteiger charge is 2.41. The van der Waals surface area contributed by atoms with Crippen molar-refractivity contribution in [3.63, 3.8) is 0 Å². The fourth-order valence-corrected chi connectivity index (χ4v) is 2.13. The summed E-state index contributed by atoms with van der Waals surface area (Å²) in [6.07, 6.45) is 3.53. The third kappa shape index (κ3) is 1.87. The van der Waals surface area contributed by atoms with Crippen LogP contribution in [0.2, 0.25) is 0 Å². The molecule has 0 aromatic heterocycles. The molecule has 2 heteroatoms. The van der Waals surface area contributed by atoms with Crippen molar-refractivity contribution in [1.29, 1.82) is 0 Å². The summed E-state index contributed by atoms with van der Waals surface area (Å²) >= 11 is 0. The second-order valence-electron chi connectivity index (χ2n) is 4.83. The molecule has 1 aliphatic carbocycles. The van der Waals surface area contributed by atoms with Gasteiger partial charge in [0.2, 0.25) is 5.91 Å². The zero-order valence-electron chi connectivity index (χ0n) is 8.62. The number of hydrogen-bond acceptors (Lipinski definition) is 1. The molecule has 0 aromatic rings. The van der Waals surface area contributed by atoms with E-state index in [2.05, 4.69) is 18.7 Å². The summed E-state index contributed by atoms with van der Waals surface area (Å²) in [6, 6.07) is 0. The van der Waals surface area contributed by atoms with Gasteiger partial charge in [-0.3, -0.25) is 4.79 Å². The highest BCUT2D eigenvalue weighted by atomic mass is 16.2. The Morgan fingerprint density at radius 3 is 2.23 bits per heavy atom. The first-order valence-electron chi connectivity index (χ1n) is 5.47. The Balaban J connectivity index is 1.84. The first-order valence-corrected chi connectivity index (χ1v) is 5.47. The Morgan fingerprint density at radius 1 is 1.23 bits per heavy atom. The predicted molar refractivity (Wildman–Crippen MR) is 52.2 cm³/mol. The Hall–Kier alpha value is -0.530. The van der Waals surface area contributed by atoms with Gasteiger partial charge in [-0.15, -0.1) is 0 Å². The largest absolute Gasteiger partial charge is 0.342 e. The lowest BCUT2D eigenvalue weighted by molar-refractivity contribution is -0.134. The third-order valence-electron chi connectivity index (χ3n) is 3.52. The topological polar surface area (TPSA) is 20.3 Å². The Morgan fingerprint density at radius 2 is 1.77 bits per heavy atom.